The number of amides is 3. The molecule has 0 spiro atoms. The van der Waals surface area contributed by atoms with Crippen LogP contribution in [0.3, 0.4) is 0 Å². The fourth-order valence-electron chi connectivity index (χ4n) is 12.3. The van der Waals surface area contributed by atoms with Crippen molar-refractivity contribution in [2.24, 2.45) is 17.6 Å². The monoisotopic (exact) mass is 1180 g/mol. The standard InChI is InChI=1S/C40H55N3O4.C35H47N3O2/c1-40(2,3)47-39(46)42-36(28-33-20-11-6-12-21-33)37(44)30-43-27-15-24-34(29-43)38(45)41-35(25-13-22-31-16-7-4-8-17-31)26-14-23-32-18-9-5-10-19-32;36-33(25-30-17-8-3-9-18-30)34(39)27-38-24-12-21-31(26-38)35(40)37-32(22-10-19-28-13-4-1-5-14-28)23-11-20-29-15-6-2-7-16-29/h4-12,16-21,34-37,44H,13-15,22-30H2,1-3H3,(H,41,45)(H,42,46);1-9,13-18,31-34,39H,10-12,19-27,36H2,(H,37,40). The highest BCUT2D eigenvalue weighted by molar-refractivity contribution is 5.79. The van der Waals surface area contributed by atoms with Gasteiger partial charge in [0.05, 0.1) is 30.1 Å². The Bertz CT molecular complexity index is 2740. The molecule has 0 aromatic heterocycles. The Morgan fingerprint density at radius 1 is 0.483 bits per heavy atom. The number of benzene rings is 6. The second kappa shape index (κ2) is 37.2. The molecule has 2 heterocycles. The number of aryl methyl sites for hydroxylation is 4. The van der Waals surface area contributed by atoms with Gasteiger partial charge in [0.1, 0.15) is 5.60 Å². The highest BCUT2D eigenvalue weighted by Gasteiger charge is 2.33. The van der Waals surface area contributed by atoms with Crippen LogP contribution >= 0.6 is 0 Å². The number of nitrogens with two attached hydrogens (primary N) is 1. The van der Waals surface area contributed by atoms with Crippen LogP contribution in [0.5, 0.6) is 0 Å². The molecule has 2 aliphatic heterocycles. The molecule has 6 aromatic carbocycles. The van der Waals surface area contributed by atoms with Crippen molar-refractivity contribution in [2.45, 2.75) is 178 Å². The normalized spacial score (nSPS) is 17.1. The summed E-state index contributed by atoms with van der Waals surface area (Å²) in [4.78, 5) is 44.2. The number of alkyl carbamates (subject to hydrolysis) is 1. The van der Waals surface area contributed by atoms with Gasteiger partial charge in [0.2, 0.25) is 11.8 Å². The number of nitrogens with zero attached hydrogens (tertiary/aromatic N) is 2. The van der Waals surface area contributed by atoms with Gasteiger partial charge in [-0.05, 0) is 183 Å². The second-order valence-electron chi connectivity index (χ2n) is 25.6. The van der Waals surface area contributed by atoms with Gasteiger partial charge in [-0.2, -0.15) is 0 Å². The molecule has 2 fully saturated rings. The van der Waals surface area contributed by atoms with E-state index in [4.69, 9.17) is 10.5 Å². The van der Waals surface area contributed by atoms with Crippen LogP contribution < -0.4 is 21.7 Å². The molecule has 0 aliphatic carbocycles. The summed E-state index contributed by atoms with van der Waals surface area (Å²) in [7, 11) is 0. The van der Waals surface area contributed by atoms with Crippen molar-refractivity contribution in [2.75, 3.05) is 39.3 Å². The maximum absolute atomic E-state index is 13.7. The molecule has 2 aliphatic rings. The summed E-state index contributed by atoms with van der Waals surface area (Å²) in [5.41, 5.74) is 13.2. The molecule has 0 bridgehead atoms. The molecule has 12 nitrogen and oxygen atoms in total. The Morgan fingerprint density at radius 2 is 0.805 bits per heavy atom. The number of piperidine rings is 2. The van der Waals surface area contributed by atoms with Crippen LogP contribution in [0.15, 0.2) is 182 Å². The lowest BCUT2D eigenvalue weighted by Gasteiger charge is -2.36. The van der Waals surface area contributed by atoms with E-state index in [1.165, 1.54) is 22.3 Å². The predicted molar refractivity (Wildman–Crippen MR) is 353 cm³/mol. The van der Waals surface area contributed by atoms with Crippen LogP contribution in [0.4, 0.5) is 4.79 Å². The first kappa shape index (κ1) is 67.8. The van der Waals surface area contributed by atoms with E-state index in [-0.39, 0.29) is 41.8 Å². The Kier molecular flexibility index (Phi) is 29.0. The van der Waals surface area contributed by atoms with Gasteiger partial charge >= 0.3 is 6.09 Å². The topological polar surface area (TPSA) is 169 Å². The Morgan fingerprint density at radius 3 is 1.15 bits per heavy atom. The summed E-state index contributed by atoms with van der Waals surface area (Å²) < 4.78 is 5.51. The molecule has 6 atom stereocenters. The SMILES string of the molecule is CC(C)(C)OC(=O)NC(Cc1ccccc1)C(O)CN1CCCC(C(=O)NC(CCCc2ccccc2)CCCc2ccccc2)C1.NC(Cc1ccccc1)C(O)CN1CCCC(C(=O)NC(CCCc2ccccc2)CCCc2ccccc2)C1. The lowest BCUT2D eigenvalue weighted by molar-refractivity contribution is -0.128. The van der Waals surface area contributed by atoms with Crippen LogP contribution in [-0.4, -0.2) is 119 Å². The zero-order valence-corrected chi connectivity index (χ0v) is 52.4. The zero-order valence-electron chi connectivity index (χ0n) is 52.4. The van der Waals surface area contributed by atoms with Crippen molar-refractivity contribution in [1.29, 1.82) is 0 Å². The maximum Gasteiger partial charge on any atom is 0.407 e. The average Bonchev–Trinajstić information content (AvgIpc) is 3.73. The first-order chi connectivity index (χ1) is 42.2. The molecule has 468 valence electrons. The second-order valence-corrected chi connectivity index (χ2v) is 25.6. The highest BCUT2D eigenvalue weighted by atomic mass is 16.6. The molecule has 12 heteroatoms. The molecule has 8 rings (SSSR count). The Balaban J connectivity index is 0.000000252. The van der Waals surface area contributed by atoms with Crippen LogP contribution in [0.1, 0.15) is 131 Å². The Hall–Kier alpha value is -6.67. The number of carbonyl (C=O) groups is 3. The quantitative estimate of drug-likeness (QED) is 0.0248. The number of nitrogens with one attached hydrogen (secondary N) is 3. The molecule has 0 saturated carbocycles. The number of likely N-dealkylation sites (tertiary alicyclic amines) is 2. The van der Waals surface area contributed by atoms with Gasteiger partial charge in [-0.15, -0.1) is 0 Å². The maximum atomic E-state index is 13.7. The third-order valence-corrected chi connectivity index (χ3v) is 17.1. The lowest BCUT2D eigenvalue weighted by Crippen LogP contribution is -2.53. The summed E-state index contributed by atoms with van der Waals surface area (Å²) in [6.07, 6.45) is 14.8. The van der Waals surface area contributed by atoms with E-state index in [0.29, 0.717) is 39.0 Å². The third kappa shape index (κ3) is 26.3. The molecule has 87 heavy (non-hydrogen) atoms. The number of hydrogen-bond donors (Lipinski definition) is 6. The number of rotatable bonds is 31. The fourth-order valence-corrected chi connectivity index (χ4v) is 12.3. The number of β-amino-alcohol motifs (C(OH)–C–C–N with tert-alkyl or cyclic N) is 2. The first-order valence-corrected chi connectivity index (χ1v) is 32.6. The fraction of sp³-hybridized carbons (Fsp3) is 0.480. The van der Waals surface area contributed by atoms with E-state index in [1.807, 2.05) is 93.6 Å². The van der Waals surface area contributed by atoms with E-state index < -0.39 is 29.9 Å². The number of aliphatic hydroxyl groups is 2. The summed E-state index contributed by atoms with van der Waals surface area (Å²) in [5.74, 6) is 0.101. The molecule has 6 aromatic rings. The van der Waals surface area contributed by atoms with E-state index in [2.05, 4.69) is 135 Å². The zero-order chi connectivity index (χ0) is 61.5. The van der Waals surface area contributed by atoms with Crippen molar-refractivity contribution >= 4 is 17.9 Å². The molecule has 0 radical (unpaired) electrons. The smallest absolute Gasteiger partial charge is 0.407 e. The van der Waals surface area contributed by atoms with Crippen molar-refractivity contribution in [3.63, 3.8) is 0 Å². The average molecular weight is 1180 g/mol. The van der Waals surface area contributed by atoms with E-state index in [1.54, 1.807) is 0 Å². The van der Waals surface area contributed by atoms with Crippen molar-refractivity contribution in [1.82, 2.24) is 25.8 Å². The largest absolute Gasteiger partial charge is 0.444 e. The highest BCUT2D eigenvalue weighted by Crippen LogP contribution is 2.23. The predicted octanol–water partition coefficient (Wildman–Crippen LogP) is 11.9. The summed E-state index contributed by atoms with van der Waals surface area (Å²) in [5, 5.41) is 32.0. The lowest BCUT2D eigenvalue weighted by atomic mass is 9.94. The Labute approximate surface area is 521 Å². The van der Waals surface area contributed by atoms with E-state index >= 15 is 0 Å². The summed E-state index contributed by atoms with van der Waals surface area (Å²) in [6.45, 7) is 9.33. The van der Waals surface area contributed by atoms with Crippen molar-refractivity contribution < 1.29 is 29.3 Å². The van der Waals surface area contributed by atoms with Crippen LogP contribution in [0.25, 0.3) is 0 Å². The van der Waals surface area contributed by atoms with Crippen molar-refractivity contribution in [3.05, 3.63) is 215 Å². The minimum atomic E-state index is -0.826. The molecule has 3 amide bonds. The minimum absolute atomic E-state index is 0.0444. The number of hydrogen-bond acceptors (Lipinski definition) is 9. The third-order valence-electron chi connectivity index (χ3n) is 17.1. The molecular formula is C75H102N6O6. The number of ether oxygens (including phenoxy) is 1. The minimum Gasteiger partial charge on any atom is -0.444 e. The van der Waals surface area contributed by atoms with Gasteiger partial charge < -0.3 is 36.6 Å². The summed E-state index contributed by atoms with van der Waals surface area (Å²) >= 11 is 0. The van der Waals surface area contributed by atoms with Gasteiger partial charge in [0, 0.05) is 44.3 Å². The molecular weight excluding hydrogens is 1080 g/mol. The van der Waals surface area contributed by atoms with Gasteiger partial charge in [0.25, 0.3) is 0 Å². The molecule has 6 unspecified atom stereocenters. The number of carbonyl (C=O) groups excluding carboxylic acids is 3. The van der Waals surface area contributed by atoms with Gasteiger partial charge in [-0.25, -0.2) is 4.79 Å². The van der Waals surface area contributed by atoms with Crippen molar-refractivity contribution in [3.8, 4) is 0 Å². The van der Waals surface area contributed by atoms with E-state index in [0.717, 1.165) is 127 Å². The van der Waals surface area contributed by atoms with Crippen LogP contribution in [0, 0.1) is 11.8 Å². The molecule has 7 N–H and O–H groups in total. The number of aliphatic hydroxyl groups excluding tert-OH is 2. The molecule has 2 saturated heterocycles. The van der Waals surface area contributed by atoms with E-state index in [9.17, 15) is 24.6 Å². The van der Waals surface area contributed by atoms with Gasteiger partial charge in [-0.1, -0.05) is 182 Å². The van der Waals surface area contributed by atoms with Gasteiger partial charge in [-0.3, -0.25) is 19.4 Å². The summed E-state index contributed by atoms with van der Waals surface area (Å²) in [6, 6.07) is 61.7. The van der Waals surface area contributed by atoms with Crippen LogP contribution in [-0.2, 0) is 52.9 Å². The van der Waals surface area contributed by atoms with Gasteiger partial charge in [0.15, 0.2) is 0 Å². The first-order valence-electron chi connectivity index (χ1n) is 32.6. The van der Waals surface area contributed by atoms with Crippen LogP contribution in [0.2, 0.25) is 0 Å².